The lowest BCUT2D eigenvalue weighted by Crippen LogP contribution is -2.13. The summed E-state index contributed by atoms with van der Waals surface area (Å²) in [6, 6.07) is 6.66. The molecular formula is C12H14ClN3O2S2. The Labute approximate surface area is 127 Å². The minimum atomic E-state index is -3.60. The molecule has 0 fully saturated rings. The van der Waals surface area contributed by atoms with Crippen LogP contribution < -0.4 is 10.0 Å². The van der Waals surface area contributed by atoms with E-state index in [2.05, 4.69) is 15.0 Å². The summed E-state index contributed by atoms with van der Waals surface area (Å²) in [5, 5.41) is 3.13. The zero-order chi connectivity index (χ0) is 14.8. The first-order valence-corrected chi connectivity index (χ1v) is 8.55. The normalized spacial score (nSPS) is 11.6. The van der Waals surface area contributed by atoms with Crippen LogP contribution in [0, 0.1) is 0 Å². The van der Waals surface area contributed by atoms with E-state index in [4.69, 9.17) is 11.6 Å². The van der Waals surface area contributed by atoms with Gasteiger partial charge in [-0.15, -0.1) is 11.3 Å². The van der Waals surface area contributed by atoms with Crippen LogP contribution in [0.4, 0.5) is 11.5 Å². The molecule has 0 unspecified atom stereocenters. The minimum absolute atomic E-state index is 0.173. The SMILES string of the molecule is CC(C)Nc1ccc(NS(=O)(=O)c2ccc(Cl)s2)cn1. The Morgan fingerprint density at radius 1 is 1.25 bits per heavy atom. The molecule has 20 heavy (non-hydrogen) atoms. The van der Waals surface area contributed by atoms with Crippen LogP contribution in [-0.4, -0.2) is 19.4 Å². The Kier molecular flexibility index (Phi) is 4.52. The van der Waals surface area contributed by atoms with Gasteiger partial charge in [-0.3, -0.25) is 4.72 Å². The van der Waals surface area contributed by atoms with Crippen molar-refractivity contribution in [2.24, 2.45) is 0 Å². The first kappa shape index (κ1) is 15.1. The van der Waals surface area contributed by atoms with Crippen LogP contribution in [0.2, 0.25) is 4.34 Å². The van der Waals surface area contributed by atoms with Gasteiger partial charge in [-0.25, -0.2) is 13.4 Å². The summed E-state index contributed by atoms with van der Waals surface area (Å²) < 4.78 is 27.2. The molecule has 108 valence electrons. The lowest BCUT2D eigenvalue weighted by atomic mass is 10.3. The van der Waals surface area contributed by atoms with Gasteiger partial charge in [0.1, 0.15) is 10.0 Å². The molecule has 0 atom stereocenters. The van der Waals surface area contributed by atoms with Crippen molar-refractivity contribution in [3.8, 4) is 0 Å². The Hall–Kier alpha value is -1.31. The number of nitrogens with zero attached hydrogens (tertiary/aromatic N) is 1. The molecule has 0 saturated heterocycles. The molecule has 2 aromatic heterocycles. The second-order valence-corrected chi connectivity index (χ2v) is 8.02. The van der Waals surface area contributed by atoms with E-state index in [0.717, 1.165) is 11.3 Å². The van der Waals surface area contributed by atoms with E-state index in [9.17, 15) is 8.42 Å². The van der Waals surface area contributed by atoms with Crippen LogP contribution in [0.5, 0.6) is 0 Å². The summed E-state index contributed by atoms with van der Waals surface area (Å²) in [5.41, 5.74) is 0.406. The maximum atomic E-state index is 12.1. The first-order valence-electron chi connectivity index (χ1n) is 5.87. The summed E-state index contributed by atoms with van der Waals surface area (Å²) >= 11 is 6.75. The zero-order valence-electron chi connectivity index (χ0n) is 10.9. The van der Waals surface area contributed by atoms with Crippen molar-refractivity contribution in [1.29, 1.82) is 0 Å². The fourth-order valence-corrected chi connectivity index (χ4v) is 4.01. The number of nitrogens with one attached hydrogen (secondary N) is 2. The Balaban J connectivity index is 2.13. The van der Waals surface area contributed by atoms with Gasteiger partial charge in [0.05, 0.1) is 16.2 Å². The van der Waals surface area contributed by atoms with E-state index in [-0.39, 0.29) is 10.3 Å². The van der Waals surface area contributed by atoms with Crippen molar-refractivity contribution in [1.82, 2.24) is 4.98 Å². The van der Waals surface area contributed by atoms with Gasteiger partial charge >= 0.3 is 0 Å². The third-order valence-electron chi connectivity index (χ3n) is 2.27. The largest absolute Gasteiger partial charge is 0.368 e. The predicted molar refractivity (Wildman–Crippen MR) is 83.1 cm³/mol. The van der Waals surface area contributed by atoms with Gasteiger partial charge in [0.25, 0.3) is 10.0 Å². The molecule has 0 saturated carbocycles. The topological polar surface area (TPSA) is 71.1 Å². The Bertz CT molecular complexity index is 681. The third kappa shape index (κ3) is 3.84. The monoisotopic (exact) mass is 331 g/mol. The number of hydrogen-bond acceptors (Lipinski definition) is 5. The summed E-state index contributed by atoms with van der Waals surface area (Å²) in [6.07, 6.45) is 1.47. The van der Waals surface area contributed by atoms with E-state index < -0.39 is 10.0 Å². The van der Waals surface area contributed by atoms with Gasteiger partial charge in [0, 0.05) is 6.04 Å². The Morgan fingerprint density at radius 3 is 2.50 bits per heavy atom. The summed E-state index contributed by atoms with van der Waals surface area (Å²) in [6.45, 7) is 4.00. The van der Waals surface area contributed by atoms with Gasteiger partial charge in [-0.1, -0.05) is 11.6 Å². The number of rotatable bonds is 5. The molecule has 0 amide bonds. The summed E-state index contributed by atoms with van der Waals surface area (Å²) in [4.78, 5) is 4.14. The van der Waals surface area contributed by atoms with Crippen LogP contribution in [0.25, 0.3) is 0 Å². The quantitative estimate of drug-likeness (QED) is 0.880. The van der Waals surface area contributed by atoms with Crippen molar-refractivity contribution >= 4 is 44.5 Å². The molecular weight excluding hydrogens is 318 g/mol. The molecule has 8 heteroatoms. The van der Waals surface area contributed by atoms with Crippen molar-refractivity contribution in [3.63, 3.8) is 0 Å². The maximum Gasteiger partial charge on any atom is 0.271 e. The summed E-state index contributed by atoms with van der Waals surface area (Å²) in [5.74, 6) is 0.696. The molecule has 5 nitrogen and oxygen atoms in total. The van der Waals surface area contributed by atoms with Crippen LogP contribution >= 0.6 is 22.9 Å². The summed E-state index contributed by atoms with van der Waals surface area (Å²) in [7, 11) is -3.60. The highest BCUT2D eigenvalue weighted by atomic mass is 35.5. The molecule has 0 spiro atoms. The molecule has 0 aliphatic carbocycles. The van der Waals surface area contributed by atoms with Gasteiger partial charge in [-0.05, 0) is 38.1 Å². The molecule has 2 rings (SSSR count). The predicted octanol–water partition coefficient (Wildman–Crippen LogP) is 3.42. The van der Waals surface area contributed by atoms with Crippen LogP contribution in [0.1, 0.15) is 13.8 Å². The van der Waals surface area contributed by atoms with Gasteiger partial charge < -0.3 is 5.32 Å². The van der Waals surface area contributed by atoms with E-state index in [1.54, 1.807) is 18.2 Å². The fraction of sp³-hybridized carbons (Fsp3) is 0.250. The van der Waals surface area contributed by atoms with E-state index in [1.165, 1.54) is 12.3 Å². The lowest BCUT2D eigenvalue weighted by molar-refractivity contribution is 0.603. The minimum Gasteiger partial charge on any atom is -0.368 e. The molecule has 0 aliphatic heterocycles. The number of pyridine rings is 1. The number of aromatic nitrogens is 1. The third-order valence-corrected chi connectivity index (χ3v) is 5.37. The van der Waals surface area contributed by atoms with Crippen molar-refractivity contribution in [2.75, 3.05) is 10.0 Å². The fourth-order valence-electron chi connectivity index (χ4n) is 1.48. The Morgan fingerprint density at radius 2 is 2.00 bits per heavy atom. The van der Waals surface area contributed by atoms with Gasteiger partial charge in [0.15, 0.2) is 0 Å². The molecule has 0 radical (unpaired) electrons. The molecule has 2 N–H and O–H groups in total. The van der Waals surface area contributed by atoms with Crippen LogP contribution in [-0.2, 0) is 10.0 Å². The highest BCUT2D eigenvalue weighted by Gasteiger charge is 2.16. The molecule has 0 aliphatic rings. The van der Waals surface area contributed by atoms with E-state index in [1.807, 2.05) is 13.8 Å². The standard InChI is InChI=1S/C12H14ClN3O2S2/c1-8(2)15-11-5-3-9(7-14-11)16-20(17,18)12-6-4-10(13)19-12/h3-8,16H,1-2H3,(H,14,15). The molecule has 2 aromatic rings. The highest BCUT2D eigenvalue weighted by Crippen LogP contribution is 2.27. The number of anilines is 2. The highest BCUT2D eigenvalue weighted by molar-refractivity contribution is 7.94. The second-order valence-electron chi connectivity index (χ2n) is 4.40. The maximum absolute atomic E-state index is 12.1. The molecule has 0 bridgehead atoms. The average molecular weight is 332 g/mol. The van der Waals surface area contributed by atoms with E-state index in [0.29, 0.717) is 15.8 Å². The number of thiophene rings is 1. The number of hydrogen-bond donors (Lipinski definition) is 2. The molecule has 2 heterocycles. The van der Waals surface area contributed by atoms with E-state index >= 15 is 0 Å². The van der Waals surface area contributed by atoms with Crippen LogP contribution in [0.15, 0.2) is 34.7 Å². The number of halogens is 1. The second kappa shape index (κ2) is 5.99. The zero-order valence-corrected chi connectivity index (χ0v) is 13.3. The van der Waals surface area contributed by atoms with Crippen molar-refractivity contribution in [3.05, 3.63) is 34.8 Å². The van der Waals surface area contributed by atoms with Gasteiger partial charge in [-0.2, -0.15) is 0 Å². The lowest BCUT2D eigenvalue weighted by Gasteiger charge is -2.10. The van der Waals surface area contributed by atoms with Gasteiger partial charge in [0.2, 0.25) is 0 Å². The first-order chi connectivity index (χ1) is 9.37. The smallest absolute Gasteiger partial charge is 0.271 e. The van der Waals surface area contributed by atoms with Crippen LogP contribution in [0.3, 0.4) is 0 Å². The van der Waals surface area contributed by atoms with Crippen molar-refractivity contribution < 1.29 is 8.42 Å². The molecule has 0 aromatic carbocycles. The average Bonchev–Trinajstić information content (AvgIpc) is 2.78. The van der Waals surface area contributed by atoms with Crippen molar-refractivity contribution in [2.45, 2.75) is 24.1 Å². The number of sulfonamides is 1.